The fraction of sp³-hybridized carbons (Fsp3) is 0.600. The van der Waals surface area contributed by atoms with Crippen LogP contribution in [0.3, 0.4) is 0 Å². The number of nitrogen functional groups attached to an aromatic ring is 1. The Balaban J connectivity index is 3.12. The number of nitrogens with two attached hydrogens (primary N) is 1. The molecular formula is C15H26N2O2S. The van der Waals surface area contributed by atoms with Crippen LogP contribution in [0, 0.1) is 5.92 Å². The molecule has 0 amide bonds. The summed E-state index contributed by atoms with van der Waals surface area (Å²) in [7, 11) is -3.48. The molecule has 1 aromatic rings. The predicted octanol–water partition coefficient (Wildman–Crippen LogP) is 2.72. The van der Waals surface area contributed by atoms with Gasteiger partial charge in [-0.3, -0.25) is 0 Å². The average Bonchev–Trinajstić information content (AvgIpc) is 2.36. The molecule has 0 radical (unpaired) electrons. The number of benzene rings is 1. The number of hydrogen-bond acceptors (Lipinski definition) is 3. The molecule has 20 heavy (non-hydrogen) atoms. The van der Waals surface area contributed by atoms with Crippen molar-refractivity contribution in [3.63, 3.8) is 0 Å². The molecule has 0 aliphatic heterocycles. The highest BCUT2D eigenvalue weighted by Crippen LogP contribution is 2.25. The number of nitrogens with one attached hydrogen (secondary N) is 1. The van der Waals surface area contributed by atoms with Gasteiger partial charge in [-0.05, 0) is 48.4 Å². The number of aryl methyl sites for hydroxylation is 1. The van der Waals surface area contributed by atoms with Crippen molar-refractivity contribution in [2.24, 2.45) is 5.92 Å². The first-order chi connectivity index (χ1) is 9.31. The first kappa shape index (κ1) is 17.0. The van der Waals surface area contributed by atoms with Crippen LogP contribution in [0.5, 0.6) is 0 Å². The van der Waals surface area contributed by atoms with Crippen molar-refractivity contribution in [3.8, 4) is 0 Å². The molecular weight excluding hydrogens is 272 g/mol. The molecule has 0 saturated heterocycles. The van der Waals surface area contributed by atoms with Gasteiger partial charge in [-0.25, -0.2) is 13.1 Å². The summed E-state index contributed by atoms with van der Waals surface area (Å²) in [5, 5.41) is 0. The molecule has 0 aliphatic rings. The molecule has 5 heteroatoms. The molecule has 0 aliphatic carbocycles. The fourth-order valence-electron chi connectivity index (χ4n) is 2.11. The van der Waals surface area contributed by atoms with Crippen LogP contribution < -0.4 is 10.5 Å². The van der Waals surface area contributed by atoms with E-state index in [1.807, 2.05) is 19.9 Å². The van der Waals surface area contributed by atoms with Crippen LogP contribution in [0.2, 0.25) is 0 Å². The zero-order chi connectivity index (χ0) is 15.3. The summed E-state index contributed by atoms with van der Waals surface area (Å²) in [4.78, 5) is 0.334. The highest BCUT2D eigenvalue weighted by Gasteiger charge is 2.20. The van der Waals surface area contributed by atoms with Gasteiger partial charge >= 0.3 is 0 Å². The van der Waals surface area contributed by atoms with Crippen LogP contribution in [-0.4, -0.2) is 15.0 Å². The molecule has 1 rings (SSSR count). The lowest BCUT2D eigenvalue weighted by Gasteiger charge is -2.15. The Bertz CT molecular complexity index is 551. The second-order valence-corrected chi connectivity index (χ2v) is 7.18. The quantitative estimate of drug-likeness (QED) is 0.760. The zero-order valence-corrected chi connectivity index (χ0v) is 13.7. The number of rotatable bonds is 7. The summed E-state index contributed by atoms with van der Waals surface area (Å²) < 4.78 is 27.6. The molecule has 0 heterocycles. The van der Waals surface area contributed by atoms with E-state index in [0.717, 1.165) is 18.4 Å². The van der Waals surface area contributed by atoms with E-state index in [1.54, 1.807) is 6.07 Å². The van der Waals surface area contributed by atoms with Crippen LogP contribution in [0.4, 0.5) is 5.69 Å². The summed E-state index contributed by atoms with van der Waals surface area (Å²) >= 11 is 0. The maximum atomic E-state index is 12.4. The normalized spacial score (nSPS) is 12.1. The number of anilines is 1. The van der Waals surface area contributed by atoms with Crippen LogP contribution in [-0.2, 0) is 22.9 Å². The van der Waals surface area contributed by atoms with Gasteiger partial charge < -0.3 is 5.73 Å². The Morgan fingerprint density at radius 3 is 2.35 bits per heavy atom. The van der Waals surface area contributed by atoms with Crippen LogP contribution >= 0.6 is 0 Å². The van der Waals surface area contributed by atoms with Crippen molar-refractivity contribution < 1.29 is 8.42 Å². The maximum absolute atomic E-state index is 12.4. The molecule has 0 unspecified atom stereocenters. The third-order valence-corrected chi connectivity index (χ3v) is 4.90. The van der Waals surface area contributed by atoms with E-state index in [0.29, 0.717) is 35.0 Å². The lowest BCUT2D eigenvalue weighted by atomic mass is 10.1. The van der Waals surface area contributed by atoms with Gasteiger partial charge in [-0.1, -0.05) is 27.7 Å². The predicted molar refractivity (Wildman–Crippen MR) is 84.3 cm³/mol. The monoisotopic (exact) mass is 298 g/mol. The lowest BCUT2D eigenvalue weighted by molar-refractivity contribution is 0.551. The summed E-state index contributed by atoms with van der Waals surface area (Å²) in [6, 6.07) is 3.61. The summed E-state index contributed by atoms with van der Waals surface area (Å²) in [6.45, 7) is 8.51. The first-order valence-corrected chi connectivity index (χ1v) is 8.71. The van der Waals surface area contributed by atoms with Crippen LogP contribution in [0.1, 0.15) is 45.2 Å². The first-order valence-electron chi connectivity index (χ1n) is 7.22. The fourth-order valence-corrected chi connectivity index (χ4v) is 3.54. The summed E-state index contributed by atoms with van der Waals surface area (Å²) in [5.41, 5.74) is 8.21. The Kier molecular flexibility index (Phi) is 6.02. The molecule has 0 saturated carbocycles. The summed E-state index contributed by atoms with van der Waals surface area (Å²) in [6.07, 6.45) is 2.20. The minimum atomic E-state index is -3.48. The van der Waals surface area contributed by atoms with Gasteiger partial charge in [0.15, 0.2) is 0 Å². The van der Waals surface area contributed by atoms with Gasteiger partial charge in [0.1, 0.15) is 0 Å². The van der Waals surface area contributed by atoms with Gasteiger partial charge in [-0.15, -0.1) is 0 Å². The highest BCUT2D eigenvalue weighted by molar-refractivity contribution is 7.89. The zero-order valence-electron chi connectivity index (χ0n) is 12.9. The van der Waals surface area contributed by atoms with Crippen molar-refractivity contribution in [2.45, 2.75) is 51.9 Å². The van der Waals surface area contributed by atoms with Gasteiger partial charge in [0.2, 0.25) is 10.0 Å². The molecule has 0 bridgehead atoms. The van der Waals surface area contributed by atoms with Gasteiger partial charge in [0, 0.05) is 12.2 Å². The van der Waals surface area contributed by atoms with Gasteiger partial charge in [-0.2, -0.15) is 0 Å². The molecule has 1 aromatic carbocycles. The van der Waals surface area contributed by atoms with Crippen LogP contribution in [0.25, 0.3) is 0 Å². The van der Waals surface area contributed by atoms with Gasteiger partial charge in [0.25, 0.3) is 0 Å². The Morgan fingerprint density at radius 1 is 1.20 bits per heavy atom. The van der Waals surface area contributed by atoms with Crippen molar-refractivity contribution in [1.29, 1.82) is 0 Å². The SMILES string of the molecule is CCc1cc(N)c(CC)c(S(=O)(=O)NCCC(C)C)c1. The Hall–Kier alpha value is -1.07. The molecule has 0 spiro atoms. The second kappa shape index (κ2) is 7.09. The Morgan fingerprint density at radius 2 is 1.85 bits per heavy atom. The molecule has 0 aromatic heterocycles. The second-order valence-electron chi connectivity index (χ2n) is 5.45. The highest BCUT2D eigenvalue weighted by atomic mass is 32.2. The molecule has 3 N–H and O–H groups in total. The lowest BCUT2D eigenvalue weighted by Crippen LogP contribution is -2.27. The molecule has 0 fully saturated rings. The molecule has 114 valence electrons. The van der Waals surface area contributed by atoms with Gasteiger partial charge in [0.05, 0.1) is 4.90 Å². The van der Waals surface area contributed by atoms with E-state index in [4.69, 9.17) is 5.73 Å². The third-order valence-electron chi connectivity index (χ3n) is 3.37. The Labute approximate surface area is 122 Å². The maximum Gasteiger partial charge on any atom is 0.240 e. The third kappa shape index (κ3) is 4.21. The summed E-state index contributed by atoms with van der Waals surface area (Å²) in [5.74, 6) is 0.468. The van der Waals surface area contributed by atoms with E-state index in [9.17, 15) is 8.42 Å². The van der Waals surface area contributed by atoms with E-state index in [1.165, 1.54) is 0 Å². The van der Waals surface area contributed by atoms with Crippen LogP contribution in [0.15, 0.2) is 17.0 Å². The molecule has 4 nitrogen and oxygen atoms in total. The van der Waals surface area contributed by atoms with Crippen molar-refractivity contribution in [2.75, 3.05) is 12.3 Å². The largest absolute Gasteiger partial charge is 0.398 e. The number of sulfonamides is 1. The smallest absolute Gasteiger partial charge is 0.240 e. The number of hydrogen-bond donors (Lipinski definition) is 2. The van der Waals surface area contributed by atoms with Crippen molar-refractivity contribution in [1.82, 2.24) is 4.72 Å². The van der Waals surface area contributed by atoms with E-state index < -0.39 is 10.0 Å². The van der Waals surface area contributed by atoms with Crippen molar-refractivity contribution >= 4 is 15.7 Å². The van der Waals surface area contributed by atoms with E-state index in [2.05, 4.69) is 18.6 Å². The molecule has 0 atom stereocenters. The van der Waals surface area contributed by atoms with E-state index in [-0.39, 0.29) is 0 Å². The standard InChI is InChI=1S/C15H26N2O2S/c1-5-12-9-14(16)13(6-2)15(10-12)20(18,19)17-8-7-11(3)4/h9-11,17H,5-8,16H2,1-4H3. The van der Waals surface area contributed by atoms with Crippen molar-refractivity contribution in [3.05, 3.63) is 23.3 Å². The average molecular weight is 298 g/mol. The van der Waals surface area contributed by atoms with E-state index >= 15 is 0 Å². The minimum absolute atomic E-state index is 0.334. The topological polar surface area (TPSA) is 72.2 Å². The minimum Gasteiger partial charge on any atom is -0.398 e.